The lowest BCUT2D eigenvalue weighted by atomic mass is 10.2. The summed E-state index contributed by atoms with van der Waals surface area (Å²) in [5, 5.41) is 7.35. The first kappa shape index (κ1) is 16.6. The fourth-order valence-electron chi connectivity index (χ4n) is 3.19. The second-order valence-corrected chi connectivity index (χ2v) is 6.04. The minimum absolute atomic E-state index is 0.0302. The standard InChI is InChI=1S/C17H24N4O3/c1-4-13-14(10-20(2)19-13)18-17(22)21-9-5-6-15(21)16-8-7-12(24-16)11-23-3/h7-8,10,15H,4-6,9,11H2,1-3H3,(H,18,22)/t15-/m1/s1. The highest BCUT2D eigenvalue weighted by atomic mass is 16.5. The Morgan fingerprint density at radius 1 is 1.50 bits per heavy atom. The second-order valence-electron chi connectivity index (χ2n) is 6.04. The van der Waals surface area contributed by atoms with Gasteiger partial charge in [-0.05, 0) is 31.4 Å². The third-order valence-corrected chi connectivity index (χ3v) is 4.29. The molecule has 1 fully saturated rings. The maximum absolute atomic E-state index is 12.7. The topological polar surface area (TPSA) is 72.5 Å². The van der Waals surface area contributed by atoms with Crippen LogP contribution in [0.15, 0.2) is 22.7 Å². The van der Waals surface area contributed by atoms with Gasteiger partial charge in [0.1, 0.15) is 18.1 Å². The molecule has 1 aliphatic rings. The van der Waals surface area contributed by atoms with E-state index >= 15 is 0 Å². The van der Waals surface area contributed by atoms with Crippen LogP contribution < -0.4 is 5.32 Å². The molecule has 0 unspecified atom stereocenters. The quantitative estimate of drug-likeness (QED) is 0.913. The van der Waals surface area contributed by atoms with Crippen LogP contribution in [0.4, 0.5) is 10.5 Å². The van der Waals surface area contributed by atoms with Crippen LogP contribution in [0.1, 0.15) is 43.0 Å². The predicted molar refractivity (Wildman–Crippen MR) is 89.7 cm³/mol. The van der Waals surface area contributed by atoms with Crippen LogP contribution in [-0.2, 0) is 24.8 Å². The second kappa shape index (κ2) is 7.09. The van der Waals surface area contributed by atoms with Crippen LogP contribution in [0.25, 0.3) is 0 Å². The molecule has 7 heteroatoms. The van der Waals surface area contributed by atoms with Crippen LogP contribution >= 0.6 is 0 Å². The molecule has 3 rings (SSSR count). The average Bonchev–Trinajstić information content (AvgIpc) is 3.26. The van der Waals surface area contributed by atoms with Gasteiger partial charge in [-0.15, -0.1) is 0 Å². The van der Waals surface area contributed by atoms with Crippen LogP contribution in [0.2, 0.25) is 0 Å². The molecule has 0 bridgehead atoms. The molecule has 1 saturated heterocycles. The van der Waals surface area contributed by atoms with Crippen molar-refractivity contribution in [3.8, 4) is 0 Å². The predicted octanol–water partition coefficient (Wildman–Crippen LogP) is 3.09. The van der Waals surface area contributed by atoms with Gasteiger partial charge in [0.15, 0.2) is 0 Å². The normalized spacial score (nSPS) is 17.5. The third-order valence-electron chi connectivity index (χ3n) is 4.29. The summed E-state index contributed by atoms with van der Waals surface area (Å²) in [7, 11) is 3.49. The Labute approximate surface area is 141 Å². The Morgan fingerprint density at radius 2 is 2.33 bits per heavy atom. The molecule has 0 saturated carbocycles. The van der Waals surface area contributed by atoms with Gasteiger partial charge >= 0.3 is 6.03 Å². The zero-order chi connectivity index (χ0) is 17.1. The van der Waals surface area contributed by atoms with Crippen molar-refractivity contribution >= 4 is 11.7 Å². The fraction of sp³-hybridized carbons (Fsp3) is 0.529. The van der Waals surface area contributed by atoms with Crippen LogP contribution in [0.3, 0.4) is 0 Å². The molecule has 0 radical (unpaired) electrons. The van der Waals surface area contributed by atoms with Crippen molar-refractivity contribution in [2.75, 3.05) is 19.0 Å². The minimum atomic E-state index is -0.107. The lowest BCUT2D eigenvalue weighted by Crippen LogP contribution is -2.34. The van der Waals surface area contributed by atoms with E-state index in [1.54, 1.807) is 11.8 Å². The number of anilines is 1. The average molecular weight is 332 g/mol. The number of hydrogen-bond acceptors (Lipinski definition) is 4. The Hall–Kier alpha value is -2.28. The molecule has 2 aromatic rings. The first-order valence-corrected chi connectivity index (χ1v) is 8.30. The number of methoxy groups -OCH3 is 1. The Kier molecular flexibility index (Phi) is 4.89. The van der Waals surface area contributed by atoms with Crippen molar-refractivity contribution in [2.45, 2.75) is 38.8 Å². The molecule has 7 nitrogen and oxygen atoms in total. The molecule has 2 aromatic heterocycles. The summed E-state index contributed by atoms with van der Waals surface area (Å²) in [6.45, 7) is 3.18. The van der Waals surface area contributed by atoms with E-state index in [1.807, 2.05) is 37.2 Å². The zero-order valence-electron chi connectivity index (χ0n) is 14.4. The number of nitrogens with one attached hydrogen (secondary N) is 1. The number of ether oxygens (including phenoxy) is 1. The van der Waals surface area contributed by atoms with Gasteiger partial charge in [-0.2, -0.15) is 5.10 Å². The van der Waals surface area contributed by atoms with Gasteiger partial charge in [0.05, 0.1) is 17.4 Å². The van der Waals surface area contributed by atoms with E-state index in [1.165, 1.54) is 0 Å². The van der Waals surface area contributed by atoms with E-state index < -0.39 is 0 Å². The Balaban J connectivity index is 1.73. The molecular formula is C17H24N4O3. The van der Waals surface area contributed by atoms with E-state index in [-0.39, 0.29) is 12.1 Å². The molecule has 24 heavy (non-hydrogen) atoms. The third kappa shape index (κ3) is 3.31. The highest BCUT2D eigenvalue weighted by molar-refractivity contribution is 5.90. The molecule has 1 atom stereocenters. The van der Waals surface area contributed by atoms with Gasteiger partial charge < -0.3 is 19.4 Å². The Morgan fingerprint density at radius 3 is 3.08 bits per heavy atom. The lowest BCUT2D eigenvalue weighted by Gasteiger charge is -2.23. The summed E-state index contributed by atoms with van der Waals surface area (Å²) in [5.41, 5.74) is 1.66. The van der Waals surface area contributed by atoms with Crippen molar-refractivity contribution in [3.05, 3.63) is 35.5 Å². The summed E-state index contributed by atoms with van der Waals surface area (Å²) < 4.78 is 12.6. The van der Waals surface area contributed by atoms with E-state index in [4.69, 9.17) is 9.15 Å². The van der Waals surface area contributed by atoms with Crippen LogP contribution in [0.5, 0.6) is 0 Å². The maximum Gasteiger partial charge on any atom is 0.322 e. The van der Waals surface area contributed by atoms with Gasteiger partial charge in [0.2, 0.25) is 0 Å². The number of carbonyl (C=O) groups is 1. The molecule has 1 N–H and O–H groups in total. The van der Waals surface area contributed by atoms with E-state index in [0.717, 1.165) is 48.7 Å². The van der Waals surface area contributed by atoms with E-state index in [9.17, 15) is 4.79 Å². The maximum atomic E-state index is 12.7. The summed E-state index contributed by atoms with van der Waals surface area (Å²) in [4.78, 5) is 14.6. The number of amides is 2. The van der Waals surface area contributed by atoms with Crippen molar-refractivity contribution in [1.82, 2.24) is 14.7 Å². The van der Waals surface area contributed by atoms with Gasteiger partial charge in [-0.25, -0.2) is 4.79 Å². The molecule has 130 valence electrons. The molecule has 3 heterocycles. The van der Waals surface area contributed by atoms with Gasteiger partial charge in [0, 0.05) is 26.9 Å². The molecule has 0 spiro atoms. The van der Waals surface area contributed by atoms with Crippen molar-refractivity contribution in [1.29, 1.82) is 0 Å². The molecule has 2 amide bonds. The number of aryl methyl sites for hydroxylation is 2. The highest BCUT2D eigenvalue weighted by Gasteiger charge is 2.32. The minimum Gasteiger partial charge on any atom is -0.461 e. The summed E-state index contributed by atoms with van der Waals surface area (Å²) in [6.07, 6.45) is 4.48. The highest BCUT2D eigenvalue weighted by Crippen LogP contribution is 2.33. The first-order chi connectivity index (χ1) is 11.6. The van der Waals surface area contributed by atoms with Crippen LogP contribution in [0, 0.1) is 0 Å². The summed E-state index contributed by atoms with van der Waals surface area (Å²) in [6, 6.07) is 3.71. The van der Waals surface area contributed by atoms with E-state index in [2.05, 4.69) is 10.4 Å². The number of nitrogens with zero attached hydrogens (tertiary/aromatic N) is 3. The first-order valence-electron chi connectivity index (χ1n) is 8.30. The van der Waals surface area contributed by atoms with Crippen molar-refractivity contribution < 1.29 is 13.9 Å². The number of furan rings is 1. The van der Waals surface area contributed by atoms with Crippen molar-refractivity contribution in [2.24, 2.45) is 7.05 Å². The fourth-order valence-corrected chi connectivity index (χ4v) is 3.19. The number of rotatable bonds is 5. The van der Waals surface area contributed by atoms with E-state index in [0.29, 0.717) is 6.61 Å². The molecule has 1 aliphatic heterocycles. The molecular weight excluding hydrogens is 308 g/mol. The SMILES string of the molecule is CCc1nn(C)cc1NC(=O)N1CCC[C@@H]1c1ccc(COC)o1. The monoisotopic (exact) mass is 332 g/mol. The lowest BCUT2D eigenvalue weighted by molar-refractivity contribution is 0.157. The molecule has 0 aliphatic carbocycles. The molecule has 0 aromatic carbocycles. The van der Waals surface area contributed by atoms with Crippen molar-refractivity contribution in [3.63, 3.8) is 0 Å². The Bertz CT molecular complexity index is 707. The smallest absolute Gasteiger partial charge is 0.322 e. The zero-order valence-corrected chi connectivity index (χ0v) is 14.4. The van der Waals surface area contributed by atoms with Crippen LogP contribution in [-0.4, -0.2) is 34.4 Å². The van der Waals surface area contributed by atoms with Gasteiger partial charge in [0.25, 0.3) is 0 Å². The number of carbonyl (C=O) groups excluding carboxylic acids is 1. The van der Waals surface area contributed by atoms with Gasteiger partial charge in [-0.1, -0.05) is 6.92 Å². The summed E-state index contributed by atoms with van der Waals surface area (Å²) >= 11 is 0. The number of aromatic nitrogens is 2. The largest absolute Gasteiger partial charge is 0.461 e. The van der Waals surface area contributed by atoms with Gasteiger partial charge in [-0.3, -0.25) is 4.68 Å². The number of urea groups is 1. The number of likely N-dealkylation sites (tertiary alicyclic amines) is 1. The summed E-state index contributed by atoms with van der Waals surface area (Å²) in [5.74, 6) is 1.59. The number of hydrogen-bond donors (Lipinski definition) is 1.